The summed E-state index contributed by atoms with van der Waals surface area (Å²) in [5.74, 6) is 1.20. The number of hydrogen-bond acceptors (Lipinski definition) is 5. The smallest absolute Gasteiger partial charge is 0.319 e. The molecule has 0 aliphatic heterocycles. The number of benzene rings is 2. The number of aromatic nitrogens is 1. The van der Waals surface area contributed by atoms with E-state index in [-0.39, 0.29) is 6.03 Å². The Labute approximate surface area is 162 Å². The molecule has 2 amide bonds. The van der Waals surface area contributed by atoms with Crippen LogP contribution in [0.3, 0.4) is 0 Å². The molecule has 0 fully saturated rings. The minimum Gasteiger partial charge on any atom is -0.497 e. The lowest BCUT2D eigenvalue weighted by Crippen LogP contribution is -2.28. The fourth-order valence-corrected chi connectivity index (χ4v) is 3.54. The molecule has 27 heavy (non-hydrogen) atoms. The molecule has 1 aromatic heterocycles. The second-order valence-electron chi connectivity index (χ2n) is 5.77. The van der Waals surface area contributed by atoms with E-state index < -0.39 is 0 Å². The van der Waals surface area contributed by atoms with Gasteiger partial charge in [0, 0.05) is 16.5 Å². The Balaban J connectivity index is 1.66. The Kier molecular flexibility index (Phi) is 5.93. The van der Waals surface area contributed by atoms with Crippen LogP contribution in [0.4, 0.5) is 10.5 Å². The maximum Gasteiger partial charge on any atom is 0.319 e. The number of aryl methyl sites for hydroxylation is 1. The van der Waals surface area contributed by atoms with Crippen LogP contribution < -0.4 is 20.1 Å². The summed E-state index contributed by atoms with van der Waals surface area (Å²) in [7, 11) is 3.12. The summed E-state index contributed by atoms with van der Waals surface area (Å²) in [6, 6.07) is 14.9. The number of nitrogens with zero attached hydrogens (tertiary/aromatic N) is 1. The van der Waals surface area contributed by atoms with Crippen molar-refractivity contribution in [2.75, 3.05) is 19.5 Å². The van der Waals surface area contributed by atoms with Gasteiger partial charge in [-0.25, -0.2) is 9.78 Å². The second kappa shape index (κ2) is 8.55. The zero-order valence-electron chi connectivity index (χ0n) is 15.4. The van der Waals surface area contributed by atoms with Crippen LogP contribution in [0.15, 0.2) is 48.5 Å². The molecule has 1 heterocycles. The third-order valence-electron chi connectivity index (χ3n) is 3.98. The van der Waals surface area contributed by atoms with E-state index in [2.05, 4.69) is 15.6 Å². The molecule has 0 saturated heterocycles. The first-order chi connectivity index (χ1) is 13.1. The molecule has 0 unspecified atom stereocenters. The van der Waals surface area contributed by atoms with Crippen LogP contribution in [-0.2, 0) is 6.54 Å². The van der Waals surface area contributed by atoms with Gasteiger partial charge in [0.2, 0.25) is 0 Å². The van der Waals surface area contributed by atoms with Crippen molar-refractivity contribution in [3.05, 3.63) is 59.1 Å². The van der Waals surface area contributed by atoms with Crippen molar-refractivity contribution in [2.24, 2.45) is 0 Å². The first kappa shape index (κ1) is 18.7. The molecule has 6 nitrogen and oxygen atoms in total. The monoisotopic (exact) mass is 383 g/mol. The van der Waals surface area contributed by atoms with Crippen LogP contribution in [-0.4, -0.2) is 25.2 Å². The van der Waals surface area contributed by atoms with Crippen molar-refractivity contribution in [1.29, 1.82) is 0 Å². The van der Waals surface area contributed by atoms with Crippen LogP contribution in [0.25, 0.3) is 10.6 Å². The molecule has 0 spiro atoms. The predicted molar refractivity (Wildman–Crippen MR) is 108 cm³/mol. The van der Waals surface area contributed by atoms with Gasteiger partial charge in [0.15, 0.2) is 0 Å². The molecule has 0 atom stereocenters. The van der Waals surface area contributed by atoms with Crippen LogP contribution in [0.1, 0.15) is 10.6 Å². The molecule has 0 aliphatic carbocycles. The molecule has 140 valence electrons. The number of methoxy groups -OCH3 is 2. The van der Waals surface area contributed by atoms with Gasteiger partial charge < -0.3 is 20.1 Å². The summed E-state index contributed by atoms with van der Waals surface area (Å²) in [6.45, 7) is 2.34. The van der Waals surface area contributed by atoms with Crippen LogP contribution in [0.5, 0.6) is 11.5 Å². The van der Waals surface area contributed by atoms with E-state index in [0.29, 0.717) is 23.7 Å². The lowest BCUT2D eigenvalue weighted by Gasteiger charge is -2.12. The predicted octanol–water partition coefficient (Wildman–Crippen LogP) is 4.46. The summed E-state index contributed by atoms with van der Waals surface area (Å²) < 4.78 is 10.5. The van der Waals surface area contributed by atoms with Crippen molar-refractivity contribution in [3.63, 3.8) is 0 Å². The second-order valence-corrected chi connectivity index (χ2v) is 6.85. The van der Waals surface area contributed by atoms with Crippen LogP contribution in [0, 0.1) is 6.92 Å². The molecule has 7 heteroatoms. The fourth-order valence-electron chi connectivity index (χ4n) is 2.54. The summed E-state index contributed by atoms with van der Waals surface area (Å²) in [5.41, 5.74) is 2.53. The van der Waals surface area contributed by atoms with Crippen molar-refractivity contribution < 1.29 is 14.3 Å². The van der Waals surface area contributed by atoms with Gasteiger partial charge in [0.25, 0.3) is 0 Å². The number of urea groups is 1. The molecule has 3 aromatic rings. The average Bonchev–Trinajstić information content (AvgIpc) is 3.07. The number of carbonyl (C=O) groups excluding carboxylic acids is 1. The van der Waals surface area contributed by atoms with E-state index in [1.54, 1.807) is 43.8 Å². The van der Waals surface area contributed by atoms with Crippen LogP contribution >= 0.6 is 11.3 Å². The summed E-state index contributed by atoms with van der Waals surface area (Å²) in [5, 5.41) is 6.60. The Hall–Kier alpha value is -3.06. The minimum atomic E-state index is -0.324. The Morgan fingerprint density at radius 3 is 2.59 bits per heavy atom. The number of thiazole rings is 1. The first-order valence-corrected chi connectivity index (χ1v) is 9.21. The topological polar surface area (TPSA) is 72.5 Å². The number of carbonyl (C=O) groups is 1. The molecular formula is C20H21N3O3S. The molecule has 0 bridgehead atoms. The zero-order chi connectivity index (χ0) is 19.2. The van der Waals surface area contributed by atoms with Gasteiger partial charge in [0.05, 0.1) is 32.1 Å². The van der Waals surface area contributed by atoms with E-state index in [9.17, 15) is 4.79 Å². The Morgan fingerprint density at radius 2 is 1.89 bits per heavy atom. The highest BCUT2D eigenvalue weighted by atomic mass is 32.1. The number of rotatable bonds is 6. The third kappa shape index (κ3) is 4.57. The summed E-state index contributed by atoms with van der Waals surface area (Å²) in [6.07, 6.45) is 0. The molecule has 2 aromatic carbocycles. The molecule has 0 aliphatic rings. The van der Waals surface area contributed by atoms with E-state index in [0.717, 1.165) is 21.1 Å². The van der Waals surface area contributed by atoms with E-state index in [1.807, 2.05) is 37.3 Å². The van der Waals surface area contributed by atoms with E-state index in [4.69, 9.17) is 9.47 Å². The van der Waals surface area contributed by atoms with Gasteiger partial charge in [-0.2, -0.15) is 0 Å². The third-order valence-corrected chi connectivity index (χ3v) is 5.18. The van der Waals surface area contributed by atoms with Crippen molar-refractivity contribution in [1.82, 2.24) is 10.3 Å². The number of anilines is 1. The van der Waals surface area contributed by atoms with Crippen molar-refractivity contribution >= 4 is 23.1 Å². The van der Waals surface area contributed by atoms with Gasteiger partial charge in [-0.15, -0.1) is 11.3 Å². The molecule has 2 N–H and O–H groups in total. The standard InChI is InChI=1S/C20H21N3O3S/c1-13-18(27-19(22-13)14-7-5-4-6-8-14)12-21-20(24)23-16-11-15(25-2)9-10-17(16)26-3/h4-11H,12H2,1-3H3,(H2,21,23,24). The van der Waals surface area contributed by atoms with E-state index in [1.165, 1.54) is 0 Å². The highest BCUT2D eigenvalue weighted by molar-refractivity contribution is 7.15. The summed E-state index contributed by atoms with van der Waals surface area (Å²) in [4.78, 5) is 17.9. The molecular weight excluding hydrogens is 362 g/mol. The molecule has 0 radical (unpaired) electrons. The van der Waals surface area contributed by atoms with Gasteiger partial charge in [-0.3, -0.25) is 0 Å². The lowest BCUT2D eigenvalue weighted by molar-refractivity contribution is 0.251. The Morgan fingerprint density at radius 1 is 1.11 bits per heavy atom. The number of amides is 2. The zero-order valence-corrected chi connectivity index (χ0v) is 16.2. The average molecular weight is 383 g/mol. The van der Waals surface area contributed by atoms with Gasteiger partial charge >= 0.3 is 6.03 Å². The summed E-state index contributed by atoms with van der Waals surface area (Å²) >= 11 is 1.58. The van der Waals surface area contributed by atoms with Crippen molar-refractivity contribution in [2.45, 2.75) is 13.5 Å². The normalized spacial score (nSPS) is 10.3. The Bertz CT molecular complexity index is 925. The number of hydrogen-bond donors (Lipinski definition) is 2. The molecule has 3 rings (SSSR count). The van der Waals surface area contributed by atoms with E-state index >= 15 is 0 Å². The van der Waals surface area contributed by atoms with Crippen LogP contribution in [0.2, 0.25) is 0 Å². The number of ether oxygens (including phenoxy) is 2. The fraction of sp³-hybridized carbons (Fsp3) is 0.200. The number of nitrogens with one attached hydrogen (secondary N) is 2. The molecule has 0 saturated carbocycles. The largest absolute Gasteiger partial charge is 0.497 e. The van der Waals surface area contributed by atoms with Crippen molar-refractivity contribution in [3.8, 4) is 22.1 Å². The first-order valence-electron chi connectivity index (χ1n) is 8.39. The van der Waals surface area contributed by atoms with Gasteiger partial charge in [0.1, 0.15) is 16.5 Å². The highest BCUT2D eigenvalue weighted by Crippen LogP contribution is 2.29. The SMILES string of the molecule is COc1ccc(OC)c(NC(=O)NCc2sc(-c3ccccc3)nc2C)c1. The van der Waals surface area contributed by atoms with Gasteiger partial charge in [-0.1, -0.05) is 30.3 Å². The maximum absolute atomic E-state index is 12.3. The minimum absolute atomic E-state index is 0.324. The highest BCUT2D eigenvalue weighted by Gasteiger charge is 2.12. The quantitative estimate of drug-likeness (QED) is 0.659. The lowest BCUT2D eigenvalue weighted by atomic mass is 10.2. The maximum atomic E-state index is 12.3. The van der Waals surface area contributed by atoms with Gasteiger partial charge in [-0.05, 0) is 19.1 Å².